The first kappa shape index (κ1) is 46.2. The molecule has 0 saturated carbocycles. The van der Waals surface area contributed by atoms with E-state index in [1.54, 1.807) is 49.6 Å². The van der Waals surface area contributed by atoms with E-state index in [-0.39, 0.29) is 37.6 Å². The van der Waals surface area contributed by atoms with Crippen molar-refractivity contribution in [2.75, 3.05) is 41.5 Å². The van der Waals surface area contributed by atoms with Gasteiger partial charge < -0.3 is 47.4 Å². The Labute approximate surface area is 344 Å². The van der Waals surface area contributed by atoms with Crippen LogP contribution in [0.1, 0.15) is 65.5 Å². The van der Waals surface area contributed by atoms with E-state index >= 15 is 0 Å². The van der Waals surface area contributed by atoms with Crippen molar-refractivity contribution in [2.45, 2.75) is 96.1 Å². The molecule has 12 nitrogen and oxygen atoms in total. The molecule has 0 amide bonds. The zero-order valence-electron chi connectivity index (χ0n) is 35.3. The first-order chi connectivity index (χ1) is 27.7. The lowest BCUT2D eigenvalue weighted by Gasteiger charge is -2.24. The Hall–Kier alpha value is -4.50. The third-order valence-corrected chi connectivity index (χ3v) is 10.7. The average Bonchev–Trinajstić information content (AvgIpc) is 3.51. The van der Waals surface area contributed by atoms with E-state index in [1.807, 2.05) is 69.3 Å². The summed E-state index contributed by atoms with van der Waals surface area (Å²) in [5.74, 6) is -0.549. The zero-order chi connectivity index (χ0) is 42.1. The maximum absolute atomic E-state index is 13.7. The molecule has 13 heteroatoms. The molecule has 0 aromatic heterocycles. The van der Waals surface area contributed by atoms with Crippen molar-refractivity contribution >= 4 is 26.1 Å². The van der Waals surface area contributed by atoms with E-state index in [4.69, 9.17) is 47.4 Å². The van der Waals surface area contributed by atoms with E-state index < -0.39 is 44.1 Å². The number of carbonyl (C=O) groups excluding carboxylic acids is 2. The highest BCUT2D eigenvalue weighted by Gasteiger charge is 2.45. The van der Waals surface area contributed by atoms with E-state index in [1.165, 1.54) is 14.2 Å². The lowest BCUT2D eigenvalue weighted by molar-refractivity contribution is -0.152. The van der Waals surface area contributed by atoms with Crippen molar-refractivity contribution in [1.29, 1.82) is 0 Å². The summed E-state index contributed by atoms with van der Waals surface area (Å²) in [5, 5.41) is 0. The molecule has 0 spiro atoms. The summed E-state index contributed by atoms with van der Waals surface area (Å²) in [5.41, 5.74) is 2.18. The zero-order valence-corrected chi connectivity index (χ0v) is 36.3. The van der Waals surface area contributed by atoms with E-state index in [9.17, 15) is 9.59 Å². The summed E-state index contributed by atoms with van der Waals surface area (Å²) in [4.78, 5) is 27.1. The third-order valence-electron chi connectivity index (χ3n) is 9.02. The predicted molar refractivity (Wildman–Crippen MR) is 224 cm³/mol. The van der Waals surface area contributed by atoms with Gasteiger partial charge in [-0.25, -0.2) is 9.59 Å². The molecule has 1 aliphatic heterocycles. The van der Waals surface area contributed by atoms with Gasteiger partial charge in [-0.1, -0.05) is 68.2 Å². The van der Waals surface area contributed by atoms with Gasteiger partial charge in [-0.2, -0.15) is 0 Å². The van der Waals surface area contributed by atoms with Crippen LogP contribution in [-0.2, 0) is 39.8 Å². The Kier molecular flexibility index (Phi) is 18.0. The van der Waals surface area contributed by atoms with Crippen molar-refractivity contribution in [2.24, 2.45) is 0 Å². The molecule has 3 aromatic carbocycles. The SMILES string of the molecule is COCOc1cc(C=CCC2OC(C)(C)OC2C(C=CC[C@H](C)OCc2ccc(OC)cc2)OC(=O)c2ccccc2)c(C(=O)OCC[Si](C)(C)C)c(OCOC)c1. The van der Waals surface area contributed by atoms with E-state index in [2.05, 4.69) is 19.6 Å². The number of methoxy groups -OCH3 is 3. The molecule has 0 radical (unpaired) electrons. The molecule has 316 valence electrons. The Balaban J connectivity index is 1.59. The second-order valence-electron chi connectivity index (χ2n) is 15.6. The molecule has 3 unspecified atom stereocenters. The fraction of sp³-hybridized carbons (Fsp3) is 0.467. The van der Waals surface area contributed by atoms with Crippen molar-refractivity contribution < 1.29 is 57.0 Å². The van der Waals surface area contributed by atoms with Gasteiger partial charge in [0.2, 0.25) is 0 Å². The Morgan fingerprint density at radius 3 is 2.24 bits per heavy atom. The van der Waals surface area contributed by atoms with Gasteiger partial charge in [-0.15, -0.1) is 0 Å². The minimum atomic E-state index is -1.47. The standard InChI is InChI=1S/C45H60O12Si/c1-32(52-29-33-21-23-36(50-6)24-22-33)15-13-19-38(55-43(46)34-16-11-10-12-17-34)42-39(56-45(2,3)57-42)20-14-18-35-27-37(53-30-48-4)28-40(54-31-49-5)41(35)44(47)51-25-26-58(7,8)9/h10-14,16-19,21-24,27-28,32,38-39,42H,15,20,25-26,29-31H2,1-9H3/t32-,38?,39?,42?/m0/s1. The quantitative estimate of drug-likeness (QED) is 0.0393. The molecule has 0 N–H and O–H groups in total. The molecule has 0 bridgehead atoms. The number of ether oxygens (including phenoxy) is 10. The van der Waals surface area contributed by atoms with Crippen LogP contribution in [0.15, 0.2) is 85.0 Å². The monoisotopic (exact) mass is 820 g/mol. The first-order valence-electron chi connectivity index (χ1n) is 19.5. The van der Waals surface area contributed by atoms with Crippen LogP contribution in [0.2, 0.25) is 25.7 Å². The molecule has 3 aromatic rings. The highest BCUT2D eigenvalue weighted by Crippen LogP contribution is 2.35. The van der Waals surface area contributed by atoms with Gasteiger partial charge in [0, 0.05) is 28.4 Å². The van der Waals surface area contributed by atoms with Crippen LogP contribution in [0.3, 0.4) is 0 Å². The molecule has 4 atom stereocenters. The number of carbonyl (C=O) groups is 2. The number of benzene rings is 3. The van der Waals surface area contributed by atoms with Crippen LogP contribution in [-0.4, -0.2) is 91.7 Å². The van der Waals surface area contributed by atoms with Gasteiger partial charge >= 0.3 is 11.9 Å². The summed E-state index contributed by atoms with van der Waals surface area (Å²) in [6.45, 7) is 12.9. The first-order valence-corrected chi connectivity index (χ1v) is 23.2. The average molecular weight is 821 g/mol. The number of esters is 2. The van der Waals surface area contributed by atoms with Crippen LogP contribution in [0, 0.1) is 0 Å². The van der Waals surface area contributed by atoms with Crippen LogP contribution in [0.5, 0.6) is 17.2 Å². The van der Waals surface area contributed by atoms with Gasteiger partial charge in [0.25, 0.3) is 0 Å². The molecule has 0 aliphatic carbocycles. The minimum absolute atomic E-state index is 0.0128. The lowest BCUT2D eigenvalue weighted by atomic mass is 10.0. The highest BCUT2D eigenvalue weighted by atomic mass is 28.3. The molecular weight excluding hydrogens is 761 g/mol. The van der Waals surface area contributed by atoms with Crippen LogP contribution >= 0.6 is 0 Å². The van der Waals surface area contributed by atoms with E-state index in [0.29, 0.717) is 36.3 Å². The fourth-order valence-corrected chi connectivity index (χ4v) is 6.71. The maximum Gasteiger partial charge on any atom is 0.342 e. The number of hydrogen-bond donors (Lipinski definition) is 0. The largest absolute Gasteiger partial charge is 0.497 e. The van der Waals surface area contributed by atoms with E-state index in [0.717, 1.165) is 17.4 Å². The molecule has 4 rings (SSSR count). The van der Waals surface area contributed by atoms with Crippen LogP contribution in [0.4, 0.5) is 0 Å². The molecule has 1 aliphatic rings. The summed E-state index contributed by atoms with van der Waals surface area (Å²) >= 11 is 0. The van der Waals surface area contributed by atoms with Crippen LogP contribution in [0.25, 0.3) is 6.08 Å². The number of hydrogen-bond acceptors (Lipinski definition) is 12. The summed E-state index contributed by atoms with van der Waals surface area (Å²) in [7, 11) is 3.18. The summed E-state index contributed by atoms with van der Waals surface area (Å²) in [6.07, 6.45) is 6.19. The summed E-state index contributed by atoms with van der Waals surface area (Å²) < 4.78 is 58.1. The normalized spacial score (nSPS) is 17.6. The van der Waals surface area contributed by atoms with Gasteiger partial charge in [0.1, 0.15) is 35.0 Å². The van der Waals surface area contributed by atoms with Crippen LogP contribution < -0.4 is 14.2 Å². The second kappa shape index (κ2) is 22.6. The smallest absolute Gasteiger partial charge is 0.342 e. The molecule has 1 heterocycles. The topological polar surface area (TPSA) is 126 Å². The van der Waals surface area contributed by atoms with Gasteiger partial charge in [0.15, 0.2) is 19.4 Å². The number of rotatable bonds is 23. The second-order valence-corrected chi connectivity index (χ2v) is 21.2. The van der Waals surface area contributed by atoms with Gasteiger partial charge in [-0.05, 0) is 87.2 Å². The molecule has 58 heavy (non-hydrogen) atoms. The molecule has 1 saturated heterocycles. The lowest BCUT2D eigenvalue weighted by Crippen LogP contribution is -2.37. The molecule has 1 fully saturated rings. The maximum atomic E-state index is 13.7. The Bertz CT molecular complexity index is 1790. The van der Waals surface area contributed by atoms with Crippen molar-refractivity contribution in [3.63, 3.8) is 0 Å². The summed E-state index contributed by atoms with van der Waals surface area (Å²) in [6, 6.07) is 20.7. The van der Waals surface area contributed by atoms with Crippen molar-refractivity contribution in [3.8, 4) is 17.2 Å². The minimum Gasteiger partial charge on any atom is -0.497 e. The van der Waals surface area contributed by atoms with Crippen molar-refractivity contribution in [3.05, 3.63) is 107 Å². The third kappa shape index (κ3) is 15.0. The van der Waals surface area contributed by atoms with Crippen molar-refractivity contribution in [1.82, 2.24) is 0 Å². The fourth-order valence-electron chi connectivity index (χ4n) is 6.00. The Morgan fingerprint density at radius 2 is 1.57 bits per heavy atom. The van der Waals surface area contributed by atoms with Gasteiger partial charge in [-0.3, -0.25) is 0 Å². The predicted octanol–water partition coefficient (Wildman–Crippen LogP) is 8.86. The molecular formula is C45H60O12Si. The highest BCUT2D eigenvalue weighted by molar-refractivity contribution is 6.76. The van der Waals surface area contributed by atoms with Gasteiger partial charge in [0.05, 0.1) is 38.1 Å². The Morgan fingerprint density at radius 1 is 0.862 bits per heavy atom.